The fourth-order valence-electron chi connectivity index (χ4n) is 1.89. The highest BCUT2D eigenvalue weighted by Crippen LogP contribution is 2.36. The molecule has 1 aromatic carbocycles. The smallest absolute Gasteiger partial charge is 0.417 e. The van der Waals surface area contributed by atoms with E-state index in [0.717, 1.165) is 0 Å². The van der Waals surface area contributed by atoms with Gasteiger partial charge in [-0.1, -0.05) is 0 Å². The molecule has 2 aromatic rings. The van der Waals surface area contributed by atoms with Gasteiger partial charge in [0.25, 0.3) is 0 Å². The summed E-state index contributed by atoms with van der Waals surface area (Å²) in [7, 11) is 0. The molecule has 0 aliphatic rings. The van der Waals surface area contributed by atoms with Crippen LogP contribution in [0, 0.1) is 6.92 Å². The molecule has 6 heteroatoms. The normalized spacial score (nSPS) is 11.8. The van der Waals surface area contributed by atoms with Gasteiger partial charge < -0.3 is 9.15 Å². The zero-order valence-corrected chi connectivity index (χ0v) is 10.3. The van der Waals surface area contributed by atoms with Crippen LogP contribution < -0.4 is 10.4 Å². The third-order valence-electron chi connectivity index (χ3n) is 2.72. The number of hydrogen-bond acceptors (Lipinski definition) is 3. The maximum Gasteiger partial charge on any atom is 0.417 e. The average Bonchev–Trinajstić information content (AvgIpc) is 2.31. The van der Waals surface area contributed by atoms with Gasteiger partial charge in [0.15, 0.2) is 0 Å². The highest BCUT2D eigenvalue weighted by molar-refractivity contribution is 5.85. The van der Waals surface area contributed by atoms with Crippen molar-refractivity contribution in [3.05, 3.63) is 39.7 Å². The van der Waals surface area contributed by atoms with Crippen molar-refractivity contribution in [2.75, 3.05) is 6.61 Å². The molecule has 0 bridgehead atoms. The Balaban J connectivity index is 2.82. The number of rotatable bonds is 2. The van der Waals surface area contributed by atoms with E-state index in [4.69, 9.17) is 9.15 Å². The van der Waals surface area contributed by atoms with Crippen LogP contribution in [0.25, 0.3) is 11.0 Å². The summed E-state index contributed by atoms with van der Waals surface area (Å²) < 4.78 is 48.7. The van der Waals surface area contributed by atoms with Crippen LogP contribution in [0.5, 0.6) is 5.75 Å². The Hall–Kier alpha value is -1.98. The molecule has 1 aromatic heterocycles. The molecule has 0 fully saturated rings. The van der Waals surface area contributed by atoms with Crippen molar-refractivity contribution >= 4 is 11.0 Å². The molecular formula is C13H11F3O3. The number of fused-ring (bicyclic) bond motifs is 1. The summed E-state index contributed by atoms with van der Waals surface area (Å²) in [5, 5.41) is -0.145. The summed E-state index contributed by atoms with van der Waals surface area (Å²) in [4.78, 5) is 11.3. The van der Waals surface area contributed by atoms with Gasteiger partial charge in [-0.2, -0.15) is 13.2 Å². The van der Waals surface area contributed by atoms with Gasteiger partial charge >= 0.3 is 11.8 Å². The molecule has 0 radical (unpaired) electrons. The van der Waals surface area contributed by atoms with Crippen molar-refractivity contribution in [1.82, 2.24) is 0 Å². The highest BCUT2D eigenvalue weighted by atomic mass is 19.4. The summed E-state index contributed by atoms with van der Waals surface area (Å²) in [5.41, 5.74) is -1.74. The topological polar surface area (TPSA) is 39.4 Å². The number of hydrogen-bond donors (Lipinski definition) is 0. The van der Waals surface area contributed by atoms with Gasteiger partial charge in [0.05, 0.1) is 12.2 Å². The Kier molecular flexibility index (Phi) is 3.26. The minimum Gasteiger partial charge on any atom is -0.493 e. The molecule has 19 heavy (non-hydrogen) atoms. The van der Waals surface area contributed by atoms with Crippen LogP contribution in [0.2, 0.25) is 0 Å². The molecule has 0 amide bonds. The van der Waals surface area contributed by atoms with Crippen LogP contribution in [0.15, 0.2) is 27.4 Å². The Labute approximate surface area is 106 Å². The van der Waals surface area contributed by atoms with Gasteiger partial charge in [0.2, 0.25) is 0 Å². The maximum absolute atomic E-state index is 12.9. The van der Waals surface area contributed by atoms with Crippen molar-refractivity contribution < 1.29 is 22.3 Å². The predicted octanol–water partition coefficient (Wildman–Crippen LogP) is 3.52. The first-order valence-corrected chi connectivity index (χ1v) is 5.62. The fourth-order valence-corrected chi connectivity index (χ4v) is 1.89. The number of alkyl halides is 3. The highest BCUT2D eigenvalue weighted by Gasteiger charge is 2.34. The van der Waals surface area contributed by atoms with E-state index in [9.17, 15) is 18.0 Å². The zero-order valence-electron chi connectivity index (χ0n) is 10.3. The lowest BCUT2D eigenvalue weighted by molar-refractivity contribution is -0.136. The summed E-state index contributed by atoms with van der Waals surface area (Å²) in [5.74, 6) is 0.400. The van der Waals surface area contributed by atoms with E-state index in [0.29, 0.717) is 24.0 Å². The SMILES string of the molecule is CCOc1ccc2c(C(F)(F)F)cc(=O)oc2c1C. The van der Waals surface area contributed by atoms with E-state index < -0.39 is 17.4 Å². The number of ether oxygens (including phenoxy) is 1. The molecular weight excluding hydrogens is 261 g/mol. The minimum absolute atomic E-state index is 0.0919. The Morgan fingerprint density at radius 1 is 1.32 bits per heavy atom. The third kappa shape index (κ3) is 2.43. The number of aryl methyl sites for hydroxylation is 1. The Morgan fingerprint density at radius 2 is 2.00 bits per heavy atom. The molecule has 102 valence electrons. The van der Waals surface area contributed by atoms with E-state index >= 15 is 0 Å². The van der Waals surface area contributed by atoms with Crippen LogP contribution in [-0.4, -0.2) is 6.61 Å². The molecule has 0 N–H and O–H groups in total. The van der Waals surface area contributed by atoms with E-state index in [-0.39, 0.29) is 11.0 Å². The summed E-state index contributed by atoms with van der Waals surface area (Å²) in [6, 6.07) is 3.15. The second-order valence-electron chi connectivity index (χ2n) is 3.98. The largest absolute Gasteiger partial charge is 0.493 e. The van der Waals surface area contributed by atoms with Crippen LogP contribution >= 0.6 is 0 Å². The van der Waals surface area contributed by atoms with E-state index in [1.54, 1.807) is 13.8 Å². The monoisotopic (exact) mass is 272 g/mol. The average molecular weight is 272 g/mol. The standard InChI is InChI=1S/C13H11F3O3/c1-3-18-10-5-4-8-9(13(14,15)16)6-11(17)19-12(8)7(10)2/h4-6H,3H2,1-2H3. The molecule has 0 atom stereocenters. The van der Waals surface area contributed by atoms with Gasteiger partial charge in [0, 0.05) is 17.0 Å². The van der Waals surface area contributed by atoms with E-state index in [2.05, 4.69) is 0 Å². The molecule has 0 unspecified atom stereocenters. The van der Waals surface area contributed by atoms with Crippen molar-refractivity contribution in [3.63, 3.8) is 0 Å². The molecule has 0 saturated carbocycles. The molecule has 0 spiro atoms. The molecule has 3 nitrogen and oxygen atoms in total. The first-order chi connectivity index (χ1) is 8.84. The number of benzene rings is 1. The first-order valence-electron chi connectivity index (χ1n) is 5.62. The zero-order chi connectivity index (χ0) is 14.2. The summed E-state index contributed by atoms with van der Waals surface area (Å²) in [6.45, 7) is 3.68. The molecule has 0 aliphatic carbocycles. The van der Waals surface area contributed by atoms with Gasteiger partial charge in [-0.25, -0.2) is 4.79 Å². The van der Waals surface area contributed by atoms with Crippen molar-refractivity contribution in [2.24, 2.45) is 0 Å². The Morgan fingerprint density at radius 3 is 2.58 bits per heavy atom. The van der Waals surface area contributed by atoms with Crippen LogP contribution in [0.1, 0.15) is 18.1 Å². The van der Waals surface area contributed by atoms with Crippen molar-refractivity contribution in [3.8, 4) is 5.75 Å². The second-order valence-corrected chi connectivity index (χ2v) is 3.98. The molecule has 2 rings (SSSR count). The quantitative estimate of drug-likeness (QED) is 0.785. The van der Waals surface area contributed by atoms with Crippen LogP contribution in [-0.2, 0) is 6.18 Å². The lowest BCUT2D eigenvalue weighted by Crippen LogP contribution is -2.11. The number of halogens is 3. The molecule has 0 saturated heterocycles. The summed E-state index contributed by atoms with van der Waals surface area (Å²) in [6.07, 6.45) is -4.60. The second kappa shape index (κ2) is 4.60. The van der Waals surface area contributed by atoms with Crippen LogP contribution in [0.3, 0.4) is 0 Å². The van der Waals surface area contributed by atoms with E-state index in [1.165, 1.54) is 12.1 Å². The van der Waals surface area contributed by atoms with Gasteiger partial charge in [-0.05, 0) is 26.0 Å². The maximum atomic E-state index is 12.9. The molecule has 1 heterocycles. The summed E-state index contributed by atoms with van der Waals surface area (Å²) >= 11 is 0. The first kappa shape index (κ1) is 13.5. The van der Waals surface area contributed by atoms with Gasteiger partial charge in [0.1, 0.15) is 11.3 Å². The third-order valence-corrected chi connectivity index (χ3v) is 2.72. The fraction of sp³-hybridized carbons (Fsp3) is 0.308. The molecule has 0 aliphatic heterocycles. The van der Waals surface area contributed by atoms with Crippen LogP contribution in [0.4, 0.5) is 13.2 Å². The lowest BCUT2D eigenvalue weighted by Gasteiger charge is -2.12. The minimum atomic E-state index is -4.60. The predicted molar refractivity (Wildman–Crippen MR) is 63.4 cm³/mol. The van der Waals surface area contributed by atoms with Crippen molar-refractivity contribution in [1.29, 1.82) is 0 Å². The Bertz CT molecular complexity index is 671. The lowest BCUT2D eigenvalue weighted by atomic mass is 10.1. The van der Waals surface area contributed by atoms with Crippen molar-refractivity contribution in [2.45, 2.75) is 20.0 Å². The van der Waals surface area contributed by atoms with Gasteiger partial charge in [-0.3, -0.25) is 0 Å². The van der Waals surface area contributed by atoms with Gasteiger partial charge in [-0.15, -0.1) is 0 Å². The van der Waals surface area contributed by atoms with E-state index in [1.807, 2.05) is 0 Å².